The van der Waals surface area contributed by atoms with Crippen LogP contribution in [0.1, 0.15) is 28.4 Å². The maximum atomic E-state index is 11.8. The van der Waals surface area contributed by atoms with Crippen LogP contribution in [0.15, 0.2) is 28.3 Å². The lowest BCUT2D eigenvalue weighted by atomic mass is 10.0. The highest BCUT2D eigenvalue weighted by molar-refractivity contribution is 7.90. The molecule has 0 bridgehead atoms. The van der Waals surface area contributed by atoms with Crippen LogP contribution in [0.25, 0.3) is 6.08 Å². The smallest absolute Gasteiger partial charge is 0.338 e. The predicted molar refractivity (Wildman–Crippen MR) is 79.9 cm³/mol. The number of sulfone groups is 1. The lowest BCUT2D eigenvalue weighted by Gasteiger charge is -2.12. The molecule has 0 N–H and O–H groups in total. The monoisotopic (exact) mass is 311 g/mol. The number of ether oxygens (including phenoxy) is 1. The summed E-state index contributed by atoms with van der Waals surface area (Å²) in [6.45, 7) is 3.20. The Labute approximate surface area is 123 Å². The third-order valence-corrected chi connectivity index (χ3v) is 4.14. The van der Waals surface area contributed by atoms with E-state index in [4.69, 9.17) is 0 Å². The second-order valence-electron chi connectivity index (χ2n) is 4.62. The molecule has 1 aromatic carbocycles. The van der Waals surface area contributed by atoms with Gasteiger partial charge in [0.05, 0.1) is 17.6 Å². The molecule has 21 heavy (non-hydrogen) atoms. The highest BCUT2D eigenvalue weighted by Gasteiger charge is 2.19. The van der Waals surface area contributed by atoms with Gasteiger partial charge in [-0.1, -0.05) is 17.3 Å². The van der Waals surface area contributed by atoms with Gasteiger partial charge >= 0.3 is 5.97 Å². The van der Waals surface area contributed by atoms with Crippen molar-refractivity contribution in [3.05, 3.63) is 39.8 Å². The van der Waals surface area contributed by atoms with Crippen molar-refractivity contribution >= 4 is 21.9 Å². The maximum Gasteiger partial charge on any atom is 0.338 e. The van der Waals surface area contributed by atoms with E-state index < -0.39 is 21.8 Å². The topological polar surface area (TPSA) is 89.9 Å². The second kappa shape index (κ2) is 6.62. The predicted octanol–water partition coefficient (Wildman–Crippen LogP) is 2.35. The SMILES string of the molecule is COC(=O)c1ccc(S(C)(=O)=O)c(C=CC(C)N=O)c1C. The van der Waals surface area contributed by atoms with Crippen molar-refractivity contribution in [1.82, 2.24) is 0 Å². The first kappa shape index (κ1) is 17.0. The molecular formula is C14H17NO5S. The quantitative estimate of drug-likeness (QED) is 0.615. The van der Waals surface area contributed by atoms with Gasteiger partial charge in [0.2, 0.25) is 0 Å². The summed E-state index contributed by atoms with van der Waals surface area (Å²) in [6, 6.07) is 2.17. The Morgan fingerprint density at radius 1 is 1.38 bits per heavy atom. The van der Waals surface area contributed by atoms with Crippen molar-refractivity contribution in [2.75, 3.05) is 13.4 Å². The van der Waals surface area contributed by atoms with E-state index in [1.807, 2.05) is 0 Å². The molecule has 6 nitrogen and oxygen atoms in total. The number of nitroso groups, excluding NO2 is 1. The largest absolute Gasteiger partial charge is 0.465 e. The van der Waals surface area contributed by atoms with Gasteiger partial charge in [-0.15, -0.1) is 0 Å². The minimum atomic E-state index is -3.47. The average Bonchev–Trinajstić information content (AvgIpc) is 2.43. The van der Waals surface area contributed by atoms with E-state index in [1.165, 1.54) is 31.4 Å². The number of nitrogens with zero attached hydrogens (tertiary/aromatic N) is 1. The molecule has 0 aliphatic carbocycles. The molecule has 0 amide bonds. The van der Waals surface area contributed by atoms with Crippen LogP contribution < -0.4 is 0 Å². The van der Waals surface area contributed by atoms with Gasteiger partial charge < -0.3 is 4.74 Å². The highest BCUT2D eigenvalue weighted by atomic mass is 32.2. The first-order valence-corrected chi connectivity index (χ1v) is 8.04. The number of benzene rings is 1. The molecule has 0 saturated carbocycles. The van der Waals surface area contributed by atoms with E-state index in [1.54, 1.807) is 13.8 Å². The molecule has 1 rings (SSSR count). The minimum absolute atomic E-state index is 0.0852. The fourth-order valence-corrected chi connectivity index (χ4v) is 2.77. The zero-order valence-electron chi connectivity index (χ0n) is 12.3. The van der Waals surface area contributed by atoms with Gasteiger partial charge in [0.15, 0.2) is 9.84 Å². The fourth-order valence-electron chi connectivity index (χ4n) is 1.84. The Bertz CT molecular complexity index is 692. The third kappa shape index (κ3) is 3.98. The summed E-state index contributed by atoms with van der Waals surface area (Å²) in [5, 5.41) is 2.82. The molecule has 0 heterocycles. The molecule has 0 aromatic heterocycles. The molecule has 0 fully saturated rings. The number of hydrogen-bond donors (Lipinski definition) is 0. The first-order chi connectivity index (χ1) is 9.72. The van der Waals surface area contributed by atoms with Gasteiger partial charge in [0.25, 0.3) is 0 Å². The molecule has 1 aromatic rings. The lowest BCUT2D eigenvalue weighted by molar-refractivity contribution is 0.0599. The van der Waals surface area contributed by atoms with E-state index >= 15 is 0 Å². The number of hydrogen-bond acceptors (Lipinski definition) is 6. The molecule has 0 saturated heterocycles. The van der Waals surface area contributed by atoms with Crippen LogP contribution in [0.3, 0.4) is 0 Å². The summed E-state index contributed by atoms with van der Waals surface area (Å²) in [4.78, 5) is 22.2. The molecule has 0 spiro atoms. The highest BCUT2D eigenvalue weighted by Crippen LogP contribution is 2.25. The van der Waals surface area contributed by atoms with E-state index in [-0.39, 0.29) is 10.5 Å². The zero-order valence-corrected chi connectivity index (χ0v) is 13.1. The molecule has 0 aliphatic rings. The van der Waals surface area contributed by atoms with Crippen molar-refractivity contribution in [2.24, 2.45) is 5.18 Å². The van der Waals surface area contributed by atoms with Crippen LogP contribution in [0, 0.1) is 11.8 Å². The lowest BCUT2D eigenvalue weighted by Crippen LogP contribution is -2.09. The Balaban J connectivity index is 3.57. The van der Waals surface area contributed by atoms with Crippen LogP contribution in [0.5, 0.6) is 0 Å². The van der Waals surface area contributed by atoms with Gasteiger partial charge in [-0.2, -0.15) is 4.91 Å². The Morgan fingerprint density at radius 3 is 2.48 bits per heavy atom. The zero-order chi connectivity index (χ0) is 16.2. The van der Waals surface area contributed by atoms with Gasteiger partial charge in [-0.25, -0.2) is 13.2 Å². The minimum Gasteiger partial charge on any atom is -0.465 e. The summed E-state index contributed by atoms with van der Waals surface area (Å²) in [7, 11) is -2.22. The summed E-state index contributed by atoms with van der Waals surface area (Å²) >= 11 is 0. The molecule has 1 atom stereocenters. The number of esters is 1. The standard InChI is InChI=1S/C14H17NO5S/c1-9(15-17)5-6-11-10(2)12(14(16)20-3)7-8-13(11)21(4,18)19/h5-9H,1-4H3. The summed E-state index contributed by atoms with van der Waals surface area (Å²) in [5.74, 6) is -0.552. The third-order valence-electron chi connectivity index (χ3n) is 2.99. The summed E-state index contributed by atoms with van der Waals surface area (Å²) in [6.07, 6.45) is 4.05. The summed E-state index contributed by atoms with van der Waals surface area (Å²) in [5.41, 5.74) is 1.10. The Kier molecular flexibility index (Phi) is 5.37. The molecular weight excluding hydrogens is 294 g/mol. The van der Waals surface area contributed by atoms with E-state index in [9.17, 15) is 18.1 Å². The molecule has 0 radical (unpaired) electrons. The first-order valence-electron chi connectivity index (χ1n) is 6.15. The van der Waals surface area contributed by atoms with Crippen LogP contribution in [0.4, 0.5) is 0 Å². The van der Waals surface area contributed by atoms with Crippen molar-refractivity contribution in [3.63, 3.8) is 0 Å². The van der Waals surface area contributed by atoms with Crippen LogP contribution in [-0.2, 0) is 14.6 Å². The van der Waals surface area contributed by atoms with Crippen molar-refractivity contribution in [3.8, 4) is 0 Å². The van der Waals surface area contributed by atoms with Crippen molar-refractivity contribution < 1.29 is 17.9 Å². The molecule has 1 unspecified atom stereocenters. The fraction of sp³-hybridized carbons (Fsp3) is 0.357. The normalized spacial score (nSPS) is 13.1. The Morgan fingerprint density at radius 2 is 2.00 bits per heavy atom. The molecule has 114 valence electrons. The van der Waals surface area contributed by atoms with Crippen molar-refractivity contribution in [1.29, 1.82) is 0 Å². The van der Waals surface area contributed by atoms with Gasteiger partial charge in [0.1, 0.15) is 6.04 Å². The average molecular weight is 311 g/mol. The Hall–Kier alpha value is -2.02. The van der Waals surface area contributed by atoms with E-state index in [0.29, 0.717) is 11.1 Å². The van der Waals surface area contributed by atoms with Gasteiger partial charge in [-0.05, 0) is 37.1 Å². The molecule has 7 heteroatoms. The maximum absolute atomic E-state index is 11.8. The van der Waals surface area contributed by atoms with Crippen molar-refractivity contribution in [2.45, 2.75) is 24.8 Å². The van der Waals surface area contributed by atoms with E-state index in [2.05, 4.69) is 9.91 Å². The molecule has 0 aliphatic heterocycles. The van der Waals surface area contributed by atoms with Gasteiger partial charge in [-0.3, -0.25) is 0 Å². The number of methoxy groups -OCH3 is 1. The van der Waals surface area contributed by atoms with Crippen LogP contribution in [-0.4, -0.2) is 33.8 Å². The number of carbonyl (C=O) groups is 1. The number of rotatable bonds is 5. The second-order valence-corrected chi connectivity index (χ2v) is 6.60. The summed E-state index contributed by atoms with van der Waals surface area (Å²) < 4.78 is 28.3. The van der Waals surface area contributed by atoms with E-state index in [0.717, 1.165) is 6.26 Å². The van der Waals surface area contributed by atoms with Gasteiger partial charge in [0, 0.05) is 6.26 Å². The van der Waals surface area contributed by atoms with Crippen LogP contribution >= 0.6 is 0 Å². The number of carbonyl (C=O) groups excluding carboxylic acids is 1. The van der Waals surface area contributed by atoms with Crippen LogP contribution in [0.2, 0.25) is 0 Å².